The Morgan fingerprint density at radius 1 is 1.15 bits per heavy atom. The van der Waals surface area contributed by atoms with Crippen LogP contribution in [0.4, 0.5) is 0 Å². The first-order valence-corrected chi connectivity index (χ1v) is 13.0. The van der Waals surface area contributed by atoms with Crippen molar-refractivity contribution >= 4 is 45.1 Å². The highest BCUT2D eigenvalue weighted by atomic mass is 32.2. The first-order valence-electron chi connectivity index (χ1n) is 11.2. The summed E-state index contributed by atoms with van der Waals surface area (Å²) in [7, 11) is 1.57. The lowest BCUT2D eigenvalue weighted by Gasteiger charge is -2.18. The van der Waals surface area contributed by atoms with Crippen molar-refractivity contribution in [1.29, 1.82) is 0 Å². The summed E-state index contributed by atoms with van der Waals surface area (Å²) < 4.78 is 5.10. The minimum atomic E-state index is -0.377. The number of aryl methyl sites for hydroxylation is 1. The average molecular weight is 483 g/mol. The maximum Gasteiger partial charge on any atom is 0.269 e. The average Bonchev–Trinajstić information content (AvgIpc) is 3.61. The lowest BCUT2D eigenvalue weighted by molar-refractivity contribution is -0.119. The second kappa shape index (κ2) is 9.30. The van der Waals surface area contributed by atoms with Crippen LogP contribution in [0.25, 0.3) is 10.2 Å². The molecule has 0 radical (unpaired) electrons. The fourth-order valence-corrected chi connectivity index (χ4v) is 6.38. The molecule has 0 bridgehead atoms. The van der Waals surface area contributed by atoms with Crippen molar-refractivity contribution in [3.63, 3.8) is 0 Å². The third kappa shape index (κ3) is 4.84. The van der Waals surface area contributed by atoms with Gasteiger partial charge in [0.25, 0.3) is 5.91 Å². The number of thioether (sulfide) groups is 1. The number of hydrogen-bond donors (Lipinski definition) is 2. The number of aromatic nitrogens is 2. The number of benzene rings is 1. The Kier molecular flexibility index (Phi) is 6.25. The van der Waals surface area contributed by atoms with Crippen LogP contribution in [0.2, 0.25) is 0 Å². The van der Waals surface area contributed by atoms with Gasteiger partial charge in [-0.1, -0.05) is 18.7 Å². The fraction of sp³-hybridized carbons (Fsp3) is 0.417. The maximum absolute atomic E-state index is 12.5. The van der Waals surface area contributed by atoms with Crippen molar-refractivity contribution in [3.05, 3.63) is 46.1 Å². The molecule has 2 aliphatic rings. The van der Waals surface area contributed by atoms with Gasteiger partial charge in [-0.25, -0.2) is 9.97 Å². The molecule has 1 unspecified atom stereocenters. The molecule has 5 rings (SSSR count). The molecule has 172 valence electrons. The summed E-state index contributed by atoms with van der Waals surface area (Å²) in [5.41, 5.74) is 6.79. The number of fused-ring (bicyclic) bond motifs is 3. The quantitative estimate of drug-likeness (QED) is 0.310. The SMILES string of the molecule is COc1ccc(C(=O)NNC(=O)CSc2nc(C3CC3)nc3sc4c(c23)CCC(C)C4)cc1. The molecule has 2 aliphatic carbocycles. The molecule has 0 aliphatic heterocycles. The van der Waals surface area contributed by atoms with E-state index in [1.54, 1.807) is 42.7 Å². The summed E-state index contributed by atoms with van der Waals surface area (Å²) in [6, 6.07) is 6.69. The number of hydrazine groups is 1. The van der Waals surface area contributed by atoms with E-state index in [9.17, 15) is 9.59 Å². The molecule has 1 aromatic carbocycles. The number of amides is 2. The standard InChI is InChI=1S/C24H26N4O3S2/c1-13-3-10-17-18(11-13)33-24-20(17)23(25-21(26-24)14-4-5-14)32-12-19(29)27-28-22(30)15-6-8-16(31-2)9-7-15/h6-9,13-14H,3-5,10-12H2,1-2H3,(H,27,29)(H,28,30). The van der Waals surface area contributed by atoms with Crippen molar-refractivity contribution in [2.24, 2.45) is 5.92 Å². The van der Waals surface area contributed by atoms with Gasteiger partial charge in [-0.15, -0.1) is 11.3 Å². The van der Waals surface area contributed by atoms with E-state index in [2.05, 4.69) is 17.8 Å². The summed E-state index contributed by atoms with van der Waals surface area (Å²) in [6.07, 6.45) is 5.58. The summed E-state index contributed by atoms with van der Waals surface area (Å²) >= 11 is 3.22. The lowest BCUT2D eigenvalue weighted by Crippen LogP contribution is -2.42. The number of carbonyl (C=O) groups excluding carboxylic acids is 2. The van der Waals surface area contributed by atoms with E-state index in [1.165, 1.54) is 28.6 Å². The van der Waals surface area contributed by atoms with Gasteiger partial charge in [0.05, 0.1) is 12.9 Å². The number of nitrogens with zero attached hydrogens (tertiary/aromatic N) is 2. The summed E-state index contributed by atoms with van der Waals surface area (Å²) in [6.45, 7) is 2.30. The number of rotatable bonds is 6. The Labute approximate surface area is 200 Å². The second-order valence-electron chi connectivity index (χ2n) is 8.71. The predicted octanol–water partition coefficient (Wildman–Crippen LogP) is 4.26. The van der Waals surface area contributed by atoms with Crippen molar-refractivity contribution in [2.75, 3.05) is 12.9 Å². The number of thiophene rings is 1. The minimum Gasteiger partial charge on any atom is -0.497 e. The Morgan fingerprint density at radius 3 is 2.67 bits per heavy atom. The highest BCUT2D eigenvalue weighted by Crippen LogP contribution is 2.44. The van der Waals surface area contributed by atoms with Crippen molar-refractivity contribution in [2.45, 2.75) is 50.0 Å². The van der Waals surface area contributed by atoms with E-state index in [1.807, 2.05) is 0 Å². The number of nitrogens with one attached hydrogen (secondary N) is 2. The monoisotopic (exact) mass is 482 g/mol. The van der Waals surface area contributed by atoms with E-state index in [0.29, 0.717) is 23.1 Å². The van der Waals surface area contributed by atoms with Crippen LogP contribution >= 0.6 is 23.1 Å². The van der Waals surface area contributed by atoms with E-state index in [-0.39, 0.29) is 17.6 Å². The van der Waals surface area contributed by atoms with Crippen LogP contribution in [0.3, 0.4) is 0 Å². The zero-order valence-corrected chi connectivity index (χ0v) is 20.3. The maximum atomic E-state index is 12.5. The van der Waals surface area contributed by atoms with Gasteiger partial charge in [-0.05, 0) is 67.9 Å². The topological polar surface area (TPSA) is 93.2 Å². The van der Waals surface area contributed by atoms with Crippen LogP contribution in [0.5, 0.6) is 5.75 Å². The van der Waals surface area contributed by atoms with E-state index in [4.69, 9.17) is 14.7 Å². The molecule has 1 atom stereocenters. The Morgan fingerprint density at radius 2 is 1.94 bits per heavy atom. The van der Waals surface area contributed by atoms with Crippen molar-refractivity contribution in [3.8, 4) is 5.75 Å². The summed E-state index contributed by atoms with van der Waals surface area (Å²) in [4.78, 5) is 37.0. The van der Waals surface area contributed by atoms with Gasteiger partial charge in [0.15, 0.2) is 0 Å². The number of ether oxygens (including phenoxy) is 1. The van der Waals surface area contributed by atoms with Gasteiger partial charge in [-0.2, -0.15) is 0 Å². The Balaban J connectivity index is 1.27. The zero-order chi connectivity index (χ0) is 22.9. The second-order valence-corrected chi connectivity index (χ2v) is 10.8. The van der Waals surface area contributed by atoms with Crippen LogP contribution in [-0.2, 0) is 17.6 Å². The molecule has 2 heterocycles. The molecule has 7 nitrogen and oxygen atoms in total. The van der Waals surface area contributed by atoms with Crippen LogP contribution in [0, 0.1) is 5.92 Å². The van der Waals surface area contributed by atoms with Crippen molar-refractivity contribution in [1.82, 2.24) is 20.8 Å². The Bertz CT molecular complexity index is 1200. The van der Waals surface area contributed by atoms with E-state index in [0.717, 1.165) is 46.8 Å². The van der Waals surface area contributed by atoms with Crippen molar-refractivity contribution < 1.29 is 14.3 Å². The van der Waals surface area contributed by atoms with Gasteiger partial charge in [-0.3, -0.25) is 20.4 Å². The molecular formula is C24H26N4O3S2. The van der Waals surface area contributed by atoms with Gasteiger partial charge in [0.2, 0.25) is 5.91 Å². The highest BCUT2D eigenvalue weighted by Gasteiger charge is 2.30. The largest absolute Gasteiger partial charge is 0.497 e. The van der Waals surface area contributed by atoms with Crippen LogP contribution < -0.4 is 15.6 Å². The third-order valence-corrected chi connectivity index (χ3v) is 8.21. The summed E-state index contributed by atoms with van der Waals surface area (Å²) in [5, 5.41) is 2.02. The molecule has 2 aromatic heterocycles. The lowest BCUT2D eigenvalue weighted by atomic mass is 9.89. The number of carbonyl (C=O) groups is 2. The highest BCUT2D eigenvalue weighted by molar-refractivity contribution is 8.00. The molecule has 33 heavy (non-hydrogen) atoms. The van der Waals surface area contributed by atoms with Gasteiger partial charge < -0.3 is 4.74 Å². The normalized spacial score (nSPS) is 17.5. The molecular weight excluding hydrogens is 456 g/mol. The molecule has 2 amide bonds. The van der Waals surface area contributed by atoms with Crippen LogP contribution in [0.1, 0.15) is 58.7 Å². The molecule has 2 N–H and O–H groups in total. The molecule has 3 aromatic rings. The third-order valence-electron chi connectivity index (χ3n) is 6.09. The number of hydrogen-bond acceptors (Lipinski definition) is 7. The van der Waals surface area contributed by atoms with Gasteiger partial charge >= 0.3 is 0 Å². The zero-order valence-electron chi connectivity index (χ0n) is 18.6. The van der Waals surface area contributed by atoms with Crippen LogP contribution in [0.15, 0.2) is 29.3 Å². The molecule has 0 saturated heterocycles. The first-order chi connectivity index (χ1) is 16.0. The molecule has 1 fully saturated rings. The van der Waals surface area contributed by atoms with Gasteiger partial charge in [0, 0.05) is 21.7 Å². The summed E-state index contributed by atoms with van der Waals surface area (Å²) in [5.74, 6) is 2.22. The fourth-order valence-electron chi connectivity index (χ4n) is 4.06. The smallest absolute Gasteiger partial charge is 0.269 e. The van der Waals surface area contributed by atoms with Crippen LogP contribution in [-0.4, -0.2) is 34.6 Å². The van der Waals surface area contributed by atoms with E-state index >= 15 is 0 Å². The molecule has 9 heteroatoms. The minimum absolute atomic E-state index is 0.167. The molecule has 0 spiro atoms. The predicted molar refractivity (Wildman–Crippen MR) is 130 cm³/mol. The Hall–Kier alpha value is -2.65. The van der Waals surface area contributed by atoms with Gasteiger partial charge in [0.1, 0.15) is 21.4 Å². The van der Waals surface area contributed by atoms with E-state index < -0.39 is 0 Å². The molecule has 1 saturated carbocycles. The number of methoxy groups -OCH3 is 1. The first kappa shape index (κ1) is 22.2.